The number of likely N-dealkylation sites (tertiary alicyclic amines) is 1. The second-order valence-electron chi connectivity index (χ2n) is 5.09. The van der Waals surface area contributed by atoms with Gasteiger partial charge < -0.3 is 5.32 Å². The number of hydrogen-bond donors (Lipinski definition) is 1. The molecule has 1 aromatic carbocycles. The van der Waals surface area contributed by atoms with Crippen LogP contribution >= 0.6 is 15.9 Å². The molecule has 6 heteroatoms. The standard InChI is InChI=1S/C14H20BrN3O2/c1-2-17-7-3-4-13(17)10-16-9-11-5-6-12(18(19)20)8-14(11)15/h5-6,8,13,16H,2-4,7,9-10H2,1H3. The summed E-state index contributed by atoms with van der Waals surface area (Å²) in [6, 6.07) is 5.54. The van der Waals surface area contributed by atoms with E-state index in [-0.39, 0.29) is 10.6 Å². The number of hydrogen-bond acceptors (Lipinski definition) is 4. The third-order valence-electron chi connectivity index (χ3n) is 3.85. The van der Waals surface area contributed by atoms with E-state index >= 15 is 0 Å². The summed E-state index contributed by atoms with van der Waals surface area (Å²) in [6.45, 7) is 6.20. The van der Waals surface area contributed by atoms with Crippen LogP contribution in [0.1, 0.15) is 25.3 Å². The molecule has 1 atom stereocenters. The molecule has 0 aliphatic carbocycles. The van der Waals surface area contributed by atoms with Gasteiger partial charge in [0.1, 0.15) is 0 Å². The van der Waals surface area contributed by atoms with Gasteiger partial charge in [-0.05, 0) is 37.6 Å². The van der Waals surface area contributed by atoms with Crippen LogP contribution in [0.15, 0.2) is 22.7 Å². The second-order valence-corrected chi connectivity index (χ2v) is 5.94. The first kappa shape index (κ1) is 15.4. The Hall–Kier alpha value is -0.980. The Balaban J connectivity index is 1.86. The molecule has 1 heterocycles. The normalized spacial score (nSPS) is 19.4. The molecule has 2 rings (SSSR count). The van der Waals surface area contributed by atoms with Gasteiger partial charge in [-0.15, -0.1) is 0 Å². The molecule has 1 aliphatic rings. The van der Waals surface area contributed by atoms with Crippen molar-refractivity contribution in [1.82, 2.24) is 10.2 Å². The summed E-state index contributed by atoms with van der Waals surface area (Å²) in [6.07, 6.45) is 2.53. The number of non-ortho nitro benzene ring substituents is 1. The van der Waals surface area contributed by atoms with Crippen molar-refractivity contribution < 1.29 is 4.92 Å². The molecule has 0 aromatic heterocycles. The van der Waals surface area contributed by atoms with Crippen molar-refractivity contribution in [3.63, 3.8) is 0 Å². The molecular weight excluding hydrogens is 322 g/mol. The van der Waals surface area contributed by atoms with Crippen molar-refractivity contribution in [3.8, 4) is 0 Å². The van der Waals surface area contributed by atoms with Crippen LogP contribution in [-0.2, 0) is 6.54 Å². The van der Waals surface area contributed by atoms with Gasteiger partial charge >= 0.3 is 0 Å². The predicted molar refractivity (Wildman–Crippen MR) is 82.8 cm³/mol. The SMILES string of the molecule is CCN1CCCC1CNCc1ccc([N+](=O)[O-])cc1Br. The van der Waals surface area contributed by atoms with Gasteiger partial charge in [-0.2, -0.15) is 0 Å². The highest BCUT2D eigenvalue weighted by molar-refractivity contribution is 9.10. The average molecular weight is 342 g/mol. The van der Waals surface area contributed by atoms with Gasteiger partial charge in [0.05, 0.1) is 4.92 Å². The fourth-order valence-electron chi connectivity index (χ4n) is 2.71. The smallest absolute Gasteiger partial charge is 0.270 e. The van der Waals surface area contributed by atoms with Crippen molar-refractivity contribution in [2.75, 3.05) is 19.6 Å². The second kappa shape index (κ2) is 7.15. The van der Waals surface area contributed by atoms with E-state index in [1.165, 1.54) is 19.4 Å². The van der Waals surface area contributed by atoms with Crippen LogP contribution in [0.4, 0.5) is 5.69 Å². The summed E-state index contributed by atoms with van der Waals surface area (Å²) >= 11 is 3.40. The number of rotatable bonds is 6. The van der Waals surface area contributed by atoms with Crippen LogP contribution in [-0.4, -0.2) is 35.5 Å². The molecule has 1 saturated heterocycles. The summed E-state index contributed by atoms with van der Waals surface area (Å²) in [5.74, 6) is 0. The molecule has 20 heavy (non-hydrogen) atoms. The van der Waals surface area contributed by atoms with E-state index in [2.05, 4.69) is 33.1 Å². The lowest BCUT2D eigenvalue weighted by Gasteiger charge is -2.23. The number of nitro benzene ring substituents is 1. The van der Waals surface area contributed by atoms with Crippen LogP contribution in [0.25, 0.3) is 0 Å². The van der Waals surface area contributed by atoms with E-state index in [0.29, 0.717) is 6.04 Å². The van der Waals surface area contributed by atoms with Crippen LogP contribution in [0.3, 0.4) is 0 Å². The third kappa shape index (κ3) is 3.77. The third-order valence-corrected chi connectivity index (χ3v) is 4.59. The maximum absolute atomic E-state index is 10.7. The monoisotopic (exact) mass is 341 g/mol. The van der Waals surface area contributed by atoms with Gasteiger partial charge in [0, 0.05) is 35.7 Å². The van der Waals surface area contributed by atoms with Crippen LogP contribution in [0.5, 0.6) is 0 Å². The Morgan fingerprint density at radius 2 is 2.35 bits per heavy atom. The Kier molecular flexibility index (Phi) is 5.51. The van der Waals surface area contributed by atoms with Crippen LogP contribution < -0.4 is 5.32 Å². The first-order valence-corrected chi connectivity index (χ1v) is 7.78. The lowest BCUT2D eigenvalue weighted by Crippen LogP contribution is -2.37. The number of nitrogens with one attached hydrogen (secondary N) is 1. The van der Waals surface area contributed by atoms with Gasteiger partial charge in [0.25, 0.3) is 5.69 Å². The summed E-state index contributed by atoms with van der Waals surface area (Å²) in [7, 11) is 0. The maximum atomic E-state index is 10.7. The Morgan fingerprint density at radius 1 is 1.55 bits per heavy atom. The molecule has 1 unspecified atom stereocenters. The van der Waals surface area contributed by atoms with Crippen molar-refractivity contribution in [3.05, 3.63) is 38.3 Å². The molecule has 0 spiro atoms. The Morgan fingerprint density at radius 3 is 3.00 bits per heavy atom. The summed E-state index contributed by atoms with van der Waals surface area (Å²) in [5.41, 5.74) is 1.17. The van der Waals surface area contributed by atoms with E-state index in [0.717, 1.165) is 29.7 Å². The summed E-state index contributed by atoms with van der Waals surface area (Å²) < 4.78 is 0.790. The highest BCUT2D eigenvalue weighted by Gasteiger charge is 2.22. The van der Waals surface area contributed by atoms with Crippen LogP contribution in [0, 0.1) is 10.1 Å². The molecule has 1 fully saturated rings. The maximum Gasteiger partial charge on any atom is 0.270 e. The van der Waals surface area contributed by atoms with Gasteiger partial charge in [0.15, 0.2) is 0 Å². The zero-order valence-corrected chi connectivity index (χ0v) is 13.2. The fraction of sp³-hybridized carbons (Fsp3) is 0.571. The highest BCUT2D eigenvalue weighted by Crippen LogP contribution is 2.23. The first-order chi connectivity index (χ1) is 9.61. The van der Waals surface area contributed by atoms with E-state index < -0.39 is 0 Å². The van der Waals surface area contributed by atoms with Gasteiger partial charge in [-0.1, -0.05) is 22.9 Å². The van der Waals surface area contributed by atoms with Gasteiger partial charge in [0.2, 0.25) is 0 Å². The number of benzene rings is 1. The first-order valence-electron chi connectivity index (χ1n) is 6.99. The fourth-order valence-corrected chi connectivity index (χ4v) is 3.22. The molecule has 0 bridgehead atoms. The molecule has 1 aliphatic heterocycles. The quantitative estimate of drug-likeness (QED) is 0.638. The van der Waals surface area contributed by atoms with Gasteiger partial charge in [-0.3, -0.25) is 15.0 Å². The minimum absolute atomic E-state index is 0.119. The molecule has 0 amide bonds. The minimum atomic E-state index is -0.375. The Bertz CT molecular complexity index is 481. The van der Waals surface area contributed by atoms with E-state index in [4.69, 9.17) is 0 Å². The number of nitrogens with zero attached hydrogens (tertiary/aromatic N) is 2. The van der Waals surface area contributed by atoms with Crippen molar-refractivity contribution in [1.29, 1.82) is 0 Å². The molecule has 5 nitrogen and oxygen atoms in total. The number of nitro groups is 1. The number of halogens is 1. The van der Waals surface area contributed by atoms with Crippen molar-refractivity contribution >= 4 is 21.6 Å². The largest absolute Gasteiger partial charge is 0.311 e. The molecular formula is C14H20BrN3O2. The Labute approximate surface area is 127 Å². The molecule has 0 saturated carbocycles. The van der Waals surface area contributed by atoms with Gasteiger partial charge in [-0.25, -0.2) is 0 Å². The molecule has 110 valence electrons. The van der Waals surface area contributed by atoms with E-state index in [1.807, 2.05) is 0 Å². The summed E-state index contributed by atoms with van der Waals surface area (Å²) in [4.78, 5) is 12.8. The van der Waals surface area contributed by atoms with Crippen molar-refractivity contribution in [2.24, 2.45) is 0 Å². The van der Waals surface area contributed by atoms with Crippen LogP contribution in [0.2, 0.25) is 0 Å². The number of likely N-dealkylation sites (N-methyl/N-ethyl adjacent to an activating group) is 1. The summed E-state index contributed by atoms with van der Waals surface area (Å²) in [5, 5.41) is 14.1. The van der Waals surface area contributed by atoms with Crippen molar-refractivity contribution in [2.45, 2.75) is 32.4 Å². The van der Waals surface area contributed by atoms with E-state index in [9.17, 15) is 10.1 Å². The zero-order valence-electron chi connectivity index (χ0n) is 11.6. The molecule has 0 radical (unpaired) electrons. The van der Waals surface area contributed by atoms with E-state index in [1.54, 1.807) is 18.2 Å². The highest BCUT2D eigenvalue weighted by atomic mass is 79.9. The lowest BCUT2D eigenvalue weighted by atomic mass is 10.2. The topological polar surface area (TPSA) is 58.4 Å². The predicted octanol–water partition coefficient (Wildman–Crippen LogP) is 2.93. The minimum Gasteiger partial charge on any atom is -0.311 e. The molecule has 1 N–H and O–H groups in total. The zero-order chi connectivity index (χ0) is 14.5. The lowest BCUT2D eigenvalue weighted by molar-refractivity contribution is -0.384. The molecule has 1 aromatic rings. The average Bonchev–Trinajstić information content (AvgIpc) is 2.87.